The minimum atomic E-state index is -0.228. The number of nitro groups is 1. The first kappa shape index (κ1) is 5.54. The molecule has 1 rings (SSSR count). The van der Waals surface area contributed by atoms with E-state index in [-0.39, 0.29) is 11.5 Å². The second kappa shape index (κ2) is 1.73. The van der Waals surface area contributed by atoms with Crippen LogP contribution >= 0.6 is 0 Å². The maximum atomic E-state index is 9.80. The molecule has 8 heavy (non-hydrogen) atoms. The SMILES string of the molecule is C[C@@H]1CC1C[N+](=O)[O-]. The molecule has 0 aromatic heterocycles. The topological polar surface area (TPSA) is 43.1 Å². The second-order valence-electron chi connectivity index (χ2n) is 2.49. The molecule has 0 N–H and O–H groups in total. The van der Waals surface area contributed by atoms with E-state index in [1.54, 1.807) is 0 Å². The molecule has 0 spiro atoms. The van der Waals surface area contributed by atoms with Crippen molar-refractivity contribution in [2.45, 2.75) is 13.3 Å². The third-order valence-electron chi connectivity index (χ3n) is 1.66. The minimum Gasteiger partial charge on any atom is -0.265 e. The number of nitrogens with zero attached hydrogens (tertiary/aromatic N) is 1. The first-order chi connectivity index (χ1) is 3.70. The summed E-state index contributed by atoms with van der Waals surface area (Å²) < 4.78 is 0. The highest BCUT2D eigenvalue weighted by Crippen LogP contribution is 2.37. The lowest BCUT2D eigenvalue weighted by Crippen LogP contribution is -2.02. The highest BCUT2D eigenvalue weighted by atomic mass is 16.6. The first-order valence-corrected chi connectivity index (χ1v) is 2.82. The Morgan fingerprint density at radius 1 is 1.88 bits per heavy atom. The number of hydrogen-bond donors (Lipinski definition) is 0. The molecular weight excluding hydrogens is 106 g/mol. The fourth-order valence-electron chi connectivity index (χ4n) is 0.845. The Labute approximate surface area is 47.8 Å². The molecule has 0 amide bonds. The Kier molecular flexibility index (Phi) is 1.19. The van der Waals surface area contributed by atoms with Crippen LogP contribution in [-0.2, 0) is 0 Å². The predicted molar refractivity (Wildman–Crippen MR) is 29.1 cm³/mol. The maximum absolute atomic E-state index is 9.80. The molecule has 1 unspecified atom stereocenters. The van der Waals surface area contributed by atoms with Crippen LogP contribution in [0.15, 0.2) is 0 Å². The lowest BCUT2D eigenvalue weighted by atomic mass is 10.3. The molecule has 0 heterocycles. The van der Waals surface area contributed by atoms with Gasteiger partial charge in [0.25, 0.3) is 0 Å². The van der Waals surface area contributed by atoms with E-state index in [0.717, 1.165) is 6.42 Å². The van der Waals surface area contributed by atoms with Crippen molar-refractivity contribution in [3.63, 3.8) is 0 Å². The van der Waals surface area contributed by atoms with Gasteiger partial charge in [0.05, 0.1) is 0 Å². The molecule has 46 valence electrons. The van der Waals surface area contributed by atoms with Crippen LogP contribution in [0.4, 0.5) is 0 Å². The Hall–Kier alpha value is -0.600. The third-order valence-corrected chi connectivity index (χ3v) is 1.66. The molecule has 0 bridgehead atoms. The number of rotatable bonds is 2. The summed E-state index contributed by atoms with van der Waals surface area (Å²) in [5.74, 6) is 1.00. The molecular formula is C5H9NO2. The number of hydrogen-bond acceptors (Lipinski definition) is 2. The van der Waals surface area contributed by atoms with Crippen LogP contribution in [-0.4, -0.2) is 11.5 Å². The summed E-state index contributed by atoms with van der Waals surface area (Å²) in [4.78, 5) is 9.57. The van der Waals surface area contributed by atoms with Gasteiger partial charge in [0.2, 0.25) is 6.54 Å². The maximum Gasteiger partial charge on any atom is 0.206 e. The van der Waals surface area contributed by atoms with Gasteiger partial charge in [0, 0.05) is 10.8 Å². The lowest BCUT2D eigenvalue weighted by Gasteiger charge is -1.85. The van der Waals surface area contributed by atoms with Crippen LogP contribution in [0.5, 0.6) is 0 Å². The highest BCUT2D eigenvalue weighted by molar-refractivity contribution is 4.81. The Balaban J connectivity index is 2.14. The molecule has 0 saturated heterocycles. The van der Waals surface area contributed by atoms with Gasteiger partial charge in [0.1, 0.15) is 0 Å². The van der Waals surface area contributed by atoms with Crippen LogP contribution in [0, 0.1) is 22.0 Å². The molecule has 0 aliphatic heterocycles. The largest absolute Gasteiger partial charge is 0.265 e. The molecule has 0 aromatic carbocycles. The fraction of sp³-hybridized carbons (Fsp3) is 1.00. The van der Waals surface area contributed by atoms with E-state index in [9.17, 15) is 10.1 Å². The molecule has 2 atom stereocenters. The molecule has 1 aliphatic rings. The van der Waals surface area contributed by atoms with Crippen LogP contribution in [0.3, 0.4) is 0 Å². The van der Waals surface area contributed by atoms with Crippen molar-refractivity contribution in [1.29, 1.82) is 0 Å². The van der Waals surface area contributed by atoms with E-state index in [1.165, 1.54) is 0 Å². The van der Waals surface area contributed by atoms with Gasteiger partial charge in [-0.1, -0.05) is 6.92 Å². The summed E-state index contributed by atoms with van der Waals surface area (Å²) in [6.07, 6.45) is 1.06. The van der Waals surface area contributed by atoms with E-state index < -0.39 is 0 Å². The van der Waals surface area contributed by atoms with Crippen molar-refractivity contribution in [3.8, 4) is 0 Å². The van der Waals surface area contributed by atoms with E-state index in [2.05, 4.69) is 0 Å². The van der Waals surface area contributed by atoms with Gasteiger partial charge in [0.15, 0.2) is 0 Å². The van der Waals surface area contributed by atoms with Gasteiger partial charge in [-0.3, -0.25) is 10.1 Å². The summed E-state index contributed by atoms with van der Waals surface area (Å²) in [6.45, 7) is 2.23. The van der Waals surface area contributed by atoms with Gasteiger partial charge >= 0.3 is 0 Å². The molecule has 3 nitrogen and oxygen atoms in total. The zero-order valence-electron chi connectivity index (χ0n) is 4.83. The molecule has 0 radical (unpaired) electrons. The lowest BCUT2D eigenvalue weighted by molar-refractivity contribution is -0.484. The minimum absolute atomic E-state index is 0.182. The smallest absolute Gasteiger partial charge is 0.206 e. The zero-order chi connectivity index (χ0) is 6.15. The average Bonchev–Trinajstić information content (AvgIpc) is 2.17. The van der Waals surface area contributed by atoms with Crippen molar-refractivity contribution in [2.24, 2.45) is 11.8 Å². The Morgan fingerprint density at radius 3 is 2.50 bits per heavy atom. The van der Waals surface area contributed by atoms with E-state index in [0.29, 0.717) is 11.8 Å². The molecule has 1 saturated carbocycles. The van der Waals surface area contributed by atoms with Crippen molar-refractivity contribution in [1.82, 2.24) is 0 Å². The Bertz CT molecular complexity index is 113. The standard InChI is InChI=1S/C5H9NO2/c1-4-2-5(4)3-6(7)8/h4-5H,2-3H2,1H3/t4-,5?/m1/s1. The van der Waals surface area contributed by atoms with Gasteiger partial charge in [-0.25, -0.2) is 0 Å². The second-order valence-corrected chi connectivity index (χ2v) is 2.49. The summed E-state index contributed by atoms with van der Waals surface area (Å²) in [7, 11) is 0. The van der Waals surface area contributed by atoms with Crippen LogP contribution in [0.2, 0.25) is 0 Å². The van der Waals surface area contributed by atoms with E-state index in [1.807, 2.05) is 6.92 Å². The predicted octanol–water partition coefficient (Wildman–Crippen LogP) is 0.919. The normalized spacial score (nSPS) is 34.6. The summed E-state index contributed by atoms with van der Waals surface area (Å²) >= 11 is 0. The molecule has 1 aliphatic carbocycles. The van der Waals surface area contributed by atoms with Crippen molar-refractivity contribution in [2.75, 3.05) is 6.54 Å². The third kappa shape index (κ3) is 1.18. The van der Waals surface area contributed by atoms with Gasteiger partial charge < -0.3 is 0 Å². The van der Waals surface area contributed by atoms with Crippen LogP contribution in [0.25, 0.3) is 0 Å². The van der Waals surface area contributed by atoms with Crippen molar-refractivity contribution >= 4 is 0 Å². The molecule has 1 fully saturated rings. The first-order valence-electron chi connectivity index (χ1n) is 2.82. The van der Waals surface area contributed by atoms with Crippen molar-refractivity contribution < 1.29 is 4.92 Å². The average molecular weight is 115 g/mol. The highest BCUT2D eigenvalue weighted by Gasteiger charge is 2.36. The van der Waals surface area contributed by atoms with Gasteiger partial charge in [-0.15, -0.1) is 0 Å². The van der Waals surface area contributed by atoms with Crippen LogP contribution in [0.1, 0.15) is 13.3 Å². The van der Waals surface area contributed by atoms with Gasteiger partial charge in [-0.2, -0.15) is 0 Å². The monoisotopic (exact) mass is 115 g/mol. The zero-order valence-corrected chi connectivity index (χ0v) is 4.83. The van der Waals surface area contributed by atoms with Gasteiger partial charge in [-0.05, 0) is 12.3 Å². The Morgan fingerprint density at radius 2 is 2.38 bits per heavy atom. The summed E-state index contributed by atoms with van der Waals surface area (Å²) in [6, 6.07) is 0. The molecule has 3 heteroatoms. The van der Waals surface area contributed by atoms with E-state index in [4.69, 9.17) is 0 Å². The van der Waals surface area contributed by atoms with Crippen LogP contribution < -0.4 is 0 Å². The quantitative estimate of drug-likeness (QED) is 0.396. The summed E-state index contributed by atoms with van der Waals surface area (Å²) in [5, 5.41) is 9.80. The molecule has 0 aromatic rings. The fourth-order valence-corrected chi connectivity index (χ4v) is 0.845. The van der Waals surface area contributed by atoms with E-state index >= 15 is 0 Å². The summed E-state index contributed by atoms with van der Waals surface area (Å²) in [5.41, 5.74) is 0. The van der Waals surface area contributed by atoms with Crippen molar-refractivity contribution in [3.05, 3.63) is 10.1 Å².